The number of amides is 1. The number of nitrogens with one attached hydrogen (secondary N) is 1. The Kier molecular flexibility index (Phi) is 6.34. The van der Waals surface area contributed by atoms with E-state index in [2.05, 4.69) is 5.32 Å². The standard InChI is InChI=1S/C20H21NO4/c1-14-7-9-18(15(2)11-14)21-19(22)13-25-20(23)10-8-16-5-4-6-17(12-16)24-3/h4-12H,13H2,1-3H3,(H,21,22)/b10-8+. The van der Waals surface area contributed by atoms with Crippen LogP contribution in [-0.2, 0) is 14.3 Å². The van der Waals surface area contributed by atoms with E-state index in [-0.39, 0.29) is 12.5 Å². The number of aryl methyl sites for hydroxylation is 2. The Hall–Kier alpha value is -3.08. The normalized spacial score (nSPS) is 10.5. The monoisotopic (exact) mass is 339 g/mol. The van der Waals surface area contributed by atoms with Crippen molar-refractivity contribution in [2.45, 2.75) is 13.8 Å². The molecule has 2 aromatic rings. The molecule has 0 atom stereocenters. The number of hydrogen-bond acceptors (Lipinski definition) is 4. The SMILES string of the molecule is COc1cccc(/C=C/C(=O)OCC(=O)Nc2ccc(C)cc2C)c1. The fourth-order valence-corrected chi connectivity index (χ4v) is 2.23. The van der Waals surface area contributed by atoms with Crippen molar-refractivity contribution in [2.24, 2.45) is 0 Å². The highest BCUT2D eigenvalue weighted by molar-refractivity contribution is 5.95. The van der Waals surface area contributed by atoms with Crippen LogP contribution in [0.5, 0.6) is 5.75 Å². The summed E-state index contributed by atoms with van der Waals surface area (Å²) in [5.41, 5.74) is 3.58. The third kappa shape index (κ3) is 5.80. The van der Waals surface area contributed by atoms with Crippen LogP contribution in [0.2, 0.25) is 0 Å². The molecule has 0 fully saturated rings. The first kappa shape index (κ1) is 18.3. The number of rotatable bonds is 6. The highest BCUT2D eigenvalue weighted by Crippen LogP contribution is 2.16. The van der Waals surface area contributed by atoms with Crippen LogP contribution in [0.15, 0.2) is 48.5 Å². The summed E-state index contributed by atoms with van der Waals surface area (Å²) in [6, 6.07) is 13.0. The van der Waals surface area contributed by atoms with Gasteiger partial charge in [-0.3, -0.25) is 4.79 Å². The van der Waals surface area contributed by atoms with Gasteiger partial charge in [0.15, 0.2) is 6.61 Å². The molecule has 0 saturated heterocycles. The molecular formula is C20H21NO4. The minimum Gasteiger partial charge on any atom is -0.497 e. The Labute approximate surface area is 147 Å². The average molecular weight is 339 g/mol. The molecule has 1 N–H and O–H groups in total. The smallest absolute Gasteiger partial charge is 0.331 e. The van der Waals surface area contributed by atoms with Crippen molar-refractivity contribution < 1.29 is 19.1 Å². The number of hydrogen-bond donors (Lipinski definition) is 1. The Morgan fingerprint density at radius 3 is 2.64 bits per heavy atom. The molecule has 1 amide bonds. The maximum absolute atomic E-state index is 11.9. The van der Waals surface area contributed by atoms with Crippen molar-refractivity contribution in [2.75, 3.05) is 19.0 Å². The summed E-state index contributed by atoms with van der Waals surface area (Å²) in [7, 11) is 1.57. The fourth-order valence-electron chi connectivity index (χ4n) is 2.23. The van der Waals surface area contributed by atoms with Gasteiger partial charge in [0.2, 0.25) is 0 Å². The van der Waals surface area contributed by atoms with Gasteiger partial charge in [-0.2, -0.15) is 0 Å². The van der Waals surface area contributed by atoms with E-state index in [1.165, 1.54) is 6.08 Å². The van der Waals surface area contributed by atoms with Crippen molar-refractivity contribution in [3.05, 3.63) is 65.2 Å². The van der Waals surface area contributed by atoms with Gasteiger partial charge in [0, 0.05) is 11.8 Å². The summed E-state index contributed by atoms with van der Waals surface area (Å²) >= 11 is 0. The topological polar surface area (TPSA) is 64.6 Å². The van der Waals surface area contributed by atoms with E-state index in [4.69, 9.17) is 9.47 Å². The molecule has 0 heterocycles. The molecule has 5 nitrogen and oxygen atoms in total. The van der Waals surface area contributed by atoms with Crippen LogP contribution in [0.3, 0.4) is 0 Å². The van der Waals surface area contributed by atoms with Gasteiger partial charge >= 0.3 is 5.97 Å². The van der Waals surface area contributed by atoms with Gasteiger partial charge in [-0.25, -0.2) is 4.79 Å². The zero-order valence-electron chi connectivity index (χ0n) is 14.5. The van der Waals surface area contributed by atoms with E-state index in [0.717, 1.165) is 16.7 Å². The van der Waals surface area contributed by atoms with Gasteiger partial charge in [-0.1, -0.05) is 29.8 Å². The van der Waals surface area contributed by atoms with Crippen LogP contribution in [0.25, 0.3) is 6.08 Å². The first-order valence-electron chi connectivity index (χ1n) is 7.84. The van der Waals surface area contributed by atoms with Crippen LogP contribution in [-0.4, -0.2) is 25.6 Å². The molecule has 0 unspecified atom stereocenters. The van der Waals surface area contributed by atoms with E-state index in [0.29, 0.717) is 11.4 Å². The number of esters is 1. The summed E-state index contributed by atoms with van der Waals surface area (Å²) in [5.74, 6) is -0.267. The maximum Gasteiger partial charge on any atom is 0.331 e. The maximum atomic E-state index is 11.9. The third-order valence-corrected chi connectivity index (χ3v) is 3.51. The second-order valence-corrected chi connectivity index (χ2v) is 5.58. The lowest BCUT2D eigenvalue weighted by atomic mass is 10.1. The molecule has 0 spiro atoms. The van der Waals surface area contributed by atoms with Crippen LogP contribution < -0.4 is 10.1 Å². The second kappa shape index (κ2) is 8.68. The third-order valence-electron chi connectivity index (χ3n) is 3.51. The highest BCUT2D eigenvalue weighted by Gasteiger charge is 2.07. The average Bonchev–Trinajstić information content (AvgIpc) is 2.60. The van der Waals surface area contributed by atoms with E-state index >= 15 is 0 Å². The Balaban J connectivity index is 1.84. The van der Waals surface area contributed by atoms with Crippen molar-refractivity contribution >= 4 is 23.6 Å². The first-order chi connectivity index (χ1) is 12.0. The summed E-state index contributed by atoms with van der Waals surface area (Å²) in [6.07, 6.45) is 2.88. The lowest BCUT2D eigenvalue weighted by Crippen LogP contribution is -2.20. The largest absolute Gasteiger partial charge is 0.497 e. The van der Waals surface area contributed by atoms with Gasteiger partial charge in [-0.15, -0.1) is 0 Å². The molecule has 130 valence electrons. The molecule has 0 radical (unpaired) electrons. The molecule has 0 aliphatic carbocycles. The number of ether oxygens (including phenoxy) is 2. The molecule has 0 bridgehead atoms. The van der Waals surface area contributed by atoms with E-state index in [1.807, 2.05) is 50.2 Å². The van der Waals surface area contributed by atoms with Gasteiger partial charge in [0.05, 0.1) is 7.11 Å². The lowest BCUT2D eigenvalue weighted by molar-refractivity contribution is -0.142. The van der Waals surface area contributed by atoms with Crippen LogP contribution in [0.1, 0.15) is 16.7 Å². The van der Waals surface area contributed by atoms with Gasteiger partial charge in [0.25, 0.3) is 5.91 Å². The van der Waals surface area contributed by atoms with Crippen LogP contribution >= 0.6 is 0 Å². The summed E-state index contributed by atoms with van der Waals surface area (Å²) < 4.78 is 10.1. The predicted molar refractivity (Wildman–Crippen MR) is 97.5 cm³/mol. The van der Waals surface area contributed by atoms with E-state index in [1.54, 1.807) is 19.3 Å². The number of anilines is 1. The van der Waals surface area contributed by atoms with Crippen molar-refractivity contribution in [3.8, 4) is 5.75 Å². The van der Waals surface area contributed by atoms with E-state index < -0.39 is 5.97 Å². The summed E-state index contributed by atoms with van der Waals surface area (Å²) in [5, 5.41) is 2.72. The molecule has 2 rings (SSSR count). The predicted octanol–water partition coefficient (Wildman–Crippen LogP) is 3.51. The quantitative estimate of drug-likeness (QED) is 0.646. The molecule has 0 aromatic heterocycles. The molecule has 0 aliphatic heterocycles. The van der Waals surface area contributed by atoms with Crippen molar-refractivity contribution in [1.82, 2.24) is 0 Å². The molecule has 0 saturated carbocycles. The zero-order chi connectivity index (χ0) is 18.2. The number of methoxy groups -OCH3 is 1. The van der Waals surface area contributed by atoms with Crippen molar-refractivity contribution in [1.29, 1.82) is 0 Å². The Morgan fingerprint density at radius 1 is 1.12 bits per heavy atom. The first-order valence-corrected chi connectivity index (χ1v) is 7.84. The Bertz CT molecular complexity index is 796. The fraction of sp³-hybridized carbons (Fsp3) is 0.200. The summed E-state index contributed by atoms with van der Waals surface area (Å²) in [6.45, 7) is 3.55. The second-order valence-electron chi connectivity index (χ2n) is 5.58. The van der Waals surface area contributed by atoms with Crippen molar-refractivity contribution in [3.63, 3.8) is 0 Å². The molecular weight excluding hydrogens is 318 g/mol. The van der Waals surface area contributed by atoms with Gasteiger partial charge < -0.3 is 14.8 Å². The van der Waals surface area contributed by atoms with E-state index in [9.17, 15) is 9.59 Å². The molecule has 25 heavy (non-hydrogen) atoms. The van der Waals surface area contributed by atoms with Crippen LogP contribution in [0, 0.1) is 13.8 Å². The zero-order valence-corrected chi connectivity index (χ0v) is 14.5. The van der Waals surface area contributed by atoms with Gasteiger partial charge in [-0.05, 0) is 49.2 Å². The summed E-state index contributed by atoms with van der Waals surface area (Å²) in [4.78, 5) is 23.6. The molecule has 0 aliphatic rings. The Morgan fingerprint density at radius 2 is 1.92 bits per heavy atom. The van der Waals surface area contributed by atoms with Crippen LogP contribution in [0.4, 0.5) is 5.69 Å². The number of carbonyl (C=O) groups excluding carboxylic acids is 2. The number of carbonyl (C=O) groups is 2. The number of benzene rings is 2. The lowest BCUT2D eigenvalue weighted by Gasteiger charge is -2.09. The molecule has 2 aromatic carbocycles. The van der Waals surface area contributed by atoms with Gasteiger partial charge in [0.1, 0.15) is 5.75 Å². The molecule has 5 heteroatoms. The highest BCUT2D eigenvalue weighted by atomic mass is 16.5. The minimum atomic E-state index is -0.585. The minimum absolute atomic E-state index is 0.339.